The van der Waals surface area contributed by atoms with Crippen LogP contribution in [0, 0.1) is 0 Å². The van der Waals surface area contributed by atoms with Crippen LogP contribution in [0.15, 0.2) is 0 Å². The highest BCUT2D eigenvalue weighted by Gasteiger charge is 2.14. The van der Waals surface area contributed by atoms with Crippen LogP contribution in [0.2, 0.25) is 0 Å². The van der Waals surface area contributed by atoms with Crippen LogP contribution in [-0.4, -0.2) is 5.60 Å². The van der Waals surface area contributed by atoms with Crippen LogP contribution in [0.5, 0.6) is 0 Å². The van der Waals surface area contributed by atoms with Crippen molar-refractivity contribution in [2.75, 3.05) is 0 Å². The Morgan fingerprint density at radius 1 is 1.50 bits per heavy atom. The Hall–Kier alpha value is 0.440. The van der Waals surface area contributed by atoms with Gasteiger partial charge >= 0.3 is 0 Å². The normalized spacial score (nSPS) is 12.0. The zero-order chi connectivity index (χ0) is 6.62. The van der Waals surface area contributed by atoms with Gasteiger partial charge in [0.05, 0.1) is 21.9 Å². The zero-order valence-corrected chi connectivity index (χ0v) is 7.29. The summed E-state index contributed by atoms with van der Waals surface area (Å²) in [6.07, 6.45) is 2.26. The van der Waals surface area contributed by atoms with Crippen molar-refractivity contribution in [3.63, 3.8) is 0 Å². The Morgan fingerprint density at radius 3 is 2.12 bits per heavy atom. The van der Waals surface area contributed by atoms with Gasteiger partial charge in [0.2, 0.25) is 0 Å². The lowest BCUT2D eigenvalue weighted by Crippen LogP contribution is -2.18. The van der Waals surface area contributed by atoms with E-state index in [4.69, 9.17) is 3.83 Å². The average Bonchev–Trinajstić information content (AvgIpc) is 1.67. The van der Waals surface area contributed by atoms with Gasteiger partial charge < -0.3 is 3.83 Å². The molecule has 0 saturated carbocycles. The highest BCUT2D eigenvalue weighted by molar-refractivity contribution is 9.06. The van der Waals surface area contributed by atoms with Crippen molar-refractivity contribution >= 4 is 16.3 Å². The molecule has 0 aromatic carbocycles. The topological polar surface area (TPSA) is 9.23 Å². The minimum Gasteiger partial charge on any atom is -0.302 e. The van der Waals surface area contributed by atoms with Crippen LogP contribution in [0.1, 0.15) is 33.6 Å². The molecule has 50 valence electrons. The Balaban J connectivity index is 3.37. The third-order valence-corrected chi connectivity index (χ3v) is 1.94. The molecular formula is C6H13BrO. The fourth-order valence-corrected chi connectivity index (χ4v) is 0.803. The van der Waals surface area contributed by atoms with Gasteiger partial charge in [-0.1, -0.05) is 13.3 Å². The molecule has 0 unspecified atom stereocenters. The highest BCUT2D eigenvalue weighted by Crippen LogP contribution is 2.18. The molecule has 1 nitrogen and oxygen atoms in total. The van der Waals surface area contributed by atoms with Gasteiger partial charge in [-0.15, -0.1) is 0 Å². The minimum absolute atomic E-state index is 0.00868. The molecule has 0 heterocycles. The second kappa shape index (κ2) is 3.46. The van der Waals surface area contributed by atoms with Crippen LogP contribution in [-0.2, 0) is 3.83 Å². The molecule has 0 spiro atoms. The van der Waals surface area contributed by atoms with E-state index in [9.17, 15) is 0 Å². The van der Waals surface area contributed by atoms with Crippen LogP contribution >= 0.6 is 16.3 Å². The van der Waals surface area contributed by atoms with Crippen molar-refractivity contribution in [3.8, 4) is 0 Å². The van der Waals surface area contributed by atoms with Gasteiger partial charge in [0.25, 0.3) is 0 Å². The first-order valence-corrected chi connectivity index (χ1v) is 3.57. The Kier molecular flexibility index (Phi) is 3.65. The van der Waals surface area contributed by atoms with Gasteiger partial charge in [-0.05, 0) is 20.3 Å². The van der Waals surface area contributed by atoms with E-state index in [0.29, 0.717) is 0 Å². The Labute approximate surface area is 59.9 Å². The standard InChI is InChI=1S/C6H13BrO/c1-4-5-6(2,3)8-7/h4-5H2,1-3H3. The molecule has 0 rings (SSSR count). The molecule has 8 heavy (non-hydrogen) atoms. The van der Waals surface area contributed by atoms with E-state index in [1.54, 1.807) is 0 Å². The summed E-state index contributed by atoms with van der Waals surface area (Å²) in [6, 6.07) is 0. The number of halogens is 1. The maximum absolute atomic E-state index is 4.99. The van der Waals surface area contributed by atoms with Gasteiger partial charge in [0, 0.05) is 0 Å². The summed E-state index contributed by atoms with van der Waals surface area (Å²) in [6.45, 7) is 6.27. The first-order valence-electron chi connectivity index (χ1n) is 2.92. The number of rotatable bonds is 3. The molecule has 0 atom stereocenters. The van der Waals surface area contributed by atoms with Crippen molar-refractivity contribution < 1.29 is 3.83 Å². The second-order valence-electron chi connectivity index (χ2n) is 2.59. The first-order chi connectivity index (χ1) is 3.62. The van der Waals surface area contributed by atoms with Gasteiger partial charge in [0.15, 0.2) is 0 Å². The molecule has 0 bridgehead atoms. The van der Waals surface area contributed by atoms with E-state index in [2.05, 4.69) is 37.0 Å². The fourth-order valence-electron chi connectivity index (χ4n) is 0.641. The van der Waals surface area contributed by atoms with E-state index in [-0.39, 0.29) is 5.60 Å². The molecule has 0 N–H and O–H groups in total. The molecule has 0 radical (unpaired) electrons. The van der Waals surface area contributed by atoms with Crippen molar-refractivity contribution in [1.82, 2.24) is 0 Å². The van der Waals surface area contributed by atoms with Crippen LogP contribution in [0.25, 0.3) is 0 Å². The van der Waals surface area contributed by atoms with E-state index in [1.807, 2.05) is 0 Å². The summed E-state index contributed by atoms with van der Waals surface area (Å²) in [5.74, 6) is 0. The molecule has 0 fully saturated rings. The molecule has 0 saturated heterocycles. The summed E-state index contributed by atoms with van der Waals surface area (Å²) in [4.78, 5) is 0. The maximum Gasteiger partial charge on any atom is 0.0993 e. The Bertz CT molecular complexity index is 61.5. The number of hydrogen-bond donors (Lipinski definition) is 0. The zero-order valence-electron chi connectivity index (χ0n) is 5.70. The van der Waals surface area contributed by atoms with Crippen molar-refractivity contribution in [1.29, 1.82) is 0 Å². The van der Waals surface area contributed by atoms with Gasteiger partial charge in [-0.25, -0.2) is 0 Å². The summed E-state index contributed by atoms with van der Waals surface area (Å²) in [5.41, 5.74) is 0.00868. The number of hydrogen-bond acceptors (Lipinski definition) is 1. The molecule has 0 aromatic rings. The van der Waals surface area contributed by atoms with Crippen molar-refractivity contribution in [2.24, 2.45) is 0 Å². The van der Waals surface area contributed by atoms with Crippen molar-refractivity contribution in [2.45, 2.75) is 39.2 Å². The van der Waals surface area contributed by atoms with Crippen molar-refractivity contribution in [3.05, 3.63) is 0 Å². The van der Waals surface area contributed by atoms with Gasteiger partial charge in [-0.2, -0.15) is 0 Å². The predicted molar refractivity (Wildman–Crippen MR) is 39.0 cm³/mol. The smallest absolute Gasteiger partial charge is 0.0993 e. The summed E-state index contributed by atoms with van der Waals surface area (Å²) >= 11 is 2.97. The minimum atomic E-state index is 0.00868. The van der Waals surface area contributed by atoms with E-state index < -0.39 is 0 Å². The van der Waals surface area contributed by atoms with Crippen LogP contribution in [0.4, 0.5) is 0 Å². The maximum atomic E-state index is 4.99. The average molecular weight is 181 g/mol. The lowest BCUT2D eigenvalue weighted by Gasteiger charge is -2.18. The summed E-state index contributed by atoms with van der Waals surface area (Å²) in [5, 5.41) is 0. The molecule has 0 aromatic heterocycles. The predicted octanol–water partition coefficient (Wildman–Crippen LogP) is 2.89. The second-order valence-corrected chi connectivity index (χ2v) is 2.91. The third kappa shape index (κ3) is 3.44. The molecule has 0 aliphatic carbocycles. The molecule has 0 aliphatic heterocycles. The summed E-state index contributed by atoms with van der Waals surface area (Å²) in [7, 11) is 0. The lowest BCUT2D eigenvalue weighted by atomic mass is 10.0. The Morgan fingerprint density at radius 2 is 2.00 bits per heavy atom. The highest BCUT2D eigenvalue weighted by atomic mass is 79.9. The first kappa shape index (κ1) is 8.44. The van der Waals surface area contributed by atoms with E-state index >= 15 is 0 Å². The molecule has 2 heteroatoms. The van der Waals surface area contributed by atoms with Crippen LogP contribution in [0.3, 0.4) is 0 Å². The van der Waals surface area contributed by atoms with Gasteiger partial charge in [0.1, 0.15) is 0 Å². The van der Waals surface area contributed by atoms with Gasteiger partial charge in [-0.3, -0.25) is 0 Å². The molecule has 0 amide bonds. The van der Waals surface area contributed by atoms with E-state index in [1.165, 1.54) is 6.42 Å². The van der Waals surface area contributed by atoms with Crippen LogP contribution < -0.4 is 0 Å². The molecular weight excluding hydrogens is 168 g/mol. The quantitative estimate of drug-likeness (QED) is 0.650. The fraction of sp³-hybridized carbons (Fsp3) is 1.00. The summed E-state index contributed by atoms with van der Waals surface area (Å²) < 4.78 is 4.99. The SMILES string of the molecule is CCCC(C)(C)OBr. The van der Waals surface area contributed by atoms with E-state index in [0.717, 1.165) is 6.42 Å². The molecule has 0 aliphatic rings. The largest absolute Gasteiger partial charge is 0.302 e. The monoisotopic (exact) mass is 180 g/mol. The third-order valence-electron chi connectivity index (χ3n) is 1.06. The lowest BCUT2D eigenvalue weighted by molar-refractivity contribution is 0.141.